The summed E-state index contributed by atoms with van der Waals surface area (Å²) in [6.07, 6.45) is -0.919. The van der Waals surface area contributed by atoms with E-state index in [1.54, 1.807) is 25.3 Å². The number of likely N-dealkylation sites (tertiary alicyclic amines) is 1. The Hall–Kier alpha value is -2.87. The lowest BCUT2D eigenvalue weighted by Gasteiger charge is -2.28. The van der Waals surface area contributed by atoms with Crippen molar-refractivity contribution in [3.8, 4) is 22.5 Å². The van der Waals surface area contributed by atoms with Crippen molar-refractivity contribution in [3.05, 3.63) is 59.7 Å². The molecule has 1 fully saturated rings. The van der Waals surface area contributed by atoms with Crippen LogP contribution in [0.1, 0.15) is 35.8 Å². The number of halogens is 3. The van der Waals surface area contributed by atoms with Crippen molar-refractivity contribution < 1.29 is 13.2 Å². The molecule has 4 rings (SSSR count). The zero-order valence-electron chi connectivity index (χ0n) is 16.8. The molecule has 30 heavy (non-hydrogen) atoms. The van der Waals surface area contributed by atoms with E-state index >= 15 is 0 Å². The molecule has 0 spiro atoms. The van der Waals surface area contributed by atoms with Crippen LogP contribution in [0.25, 0.3) is 22.5 Å². The molecule has 0 N–H and O–H groups in total. The summed E-state index contributed by atoms with van der Waals surface area (Å²) < 4.78 is 39.9. The number of nitrogens with zero attached hydrogens (tertiary/aromatic N) is 5. The maximum absolute atomic E-state index is 13.3. The molecule has 0 radical (unpaired) electrons. The highest BCUT2D eigenvalue weighted by molar-refractivity contribution is 5.79. The summed E-state index contributed by atoms with van der Waals surface area (Å²) >= 11 is 0. The van der Waals surface area contributed by atoms with E-state index in [-0.39, 0.29) is 5.92 Å². The van der Waals surface area contributed by atoms with E-state index in [4.69, 9.17) is 0 Å². The number of aryl methyl sites for hydroxylation is 1. The molecule has 0 bridgehead atoms. The lowest BCUT2D eigenvalue weighted by molar-refractivity contribution is -0.137. The summed E-state index contributed by atoms with van der Waals surface area (Å²) in [6.45, 7) is 3.67. The summed E-state index contributed by atoms with van der Waals surface area (Å²) in [7, 11) is 2.08. The van der Waals surface area contributed by atoms with Gasteiger partial charge in [0.15, 0.2) is 0 Å². The second-order valence-corrected chi connectivity index (χ2v) is 7.68. The van der Waals surface area contributed by atoms with Gasteiger partial charge in [0.2, 0.25) is 0 Å². The Morgan fingerprint density at radius 3 is 2.50 bits per heavy atom. The molecule has 1 aromatic carbocycles. The minimum absolute atomic E-state index is 0.236. The normalized spacial score (nSPS) is 16.0. The Labute approximate surface area is 173 Å². The Morgan fingerprint density at radius 2 is 1.80 bits per heavy atom. The van der Waals surface area contributed by atoms with Crippen LogP contribution < -0.4 is 0 Å². The minimum atomic E-state index is -4.42. The van der Waals surface area contributed by atoms with Crippen molar-refractivity contribution in [2.75, 3.05) is 20.1 Å². The van der Waals surface area contributed by atoms with Crippen LogP contribution in [0.5, 0.6) is 0 Å². The van der Waals surface area contributed by atoms with E-state index in [0.29, 0.717) is 28.3 Å². The predicted molar refractivity (Wildman–Crippen MR) is 108 cm³/mol. The quantitative estimate of drug-likeness (QED) is 0.621. The molecule has 2 aromatic heterocycles. The summed E-state index contributed by atoms with van der Waals surface area (Å²) in [5, 5.41) is 8.86. The smallest absolute Gasteiger partial charge is 0.306 e. The first-order valence-electron chi connectivity index (χ1n) is 9.85. The van der Waals surface area contributed by atoms with Crippen molar-refractivity contribution >= 4 is 0 Å². The second kappa shape index (κ2) is 8.10. The van der Waals surface area contributed by atoms with Gasteiger partial charge in [-0.2, -0.15) is 18.3 Å². The third-order valence-electron chi connectivity index (χ3n) is 5.47. The number of hydrogen-bond acceptors (Lipinski definition) is 5. The topological polar surface area (TPSA) is 54.8 Å². The van der Waals surface area contributed by atoms with Crippen molar-refractivity contribution in [3.63, 3.8) is 0 Å². The van der Waals surface area contributed by atoms with Gasteiger partial charge in [-0.25, -0.2) is 9.97 Å². The standard InChI is InChI=1S/C22H22F3N5/c1-14-26-9-6-19(27-14)21-18(16-4-3-5-17(12-16)22(23,24)25)13-20(28-29-21)15-7-10-30(2)11-8-15/h3-6,9,12-13,15H,7-8,10-11H2,1-2H3. The van der Waals surface area contributed by atoms with Gasteiger partial charge in [0.25, 0.3) is 0 Å². The van der Waals surface area contributed by atoms with E-state index in [0.717, 1.165) is 43.8 Å². The Balaban J connectivity index is 1.83. The number of hydrogen-bond donors (Lipinski definition) is 0. The molecular weight excluding hydrogens is 391 g/mol. The van der Waals surface area contributed by atoms with Crippen LogP contribution in [0, 0.1) is 6.92 Å². The van der Waals surface area contributed by atoms with E-state index in [1.807, 2.05) is 6.07 Å². The van der Waals surface area contributed by atoms with Crippen LogP contribution in [0.3, 0.4) is 0 Å². The van der Waals surface area contributed by atoms with Gasteiger partial charge < -0.3 is 4.90 Å². The molecule has 0 aliphatic carbocycles. The van der Waals surface area contributed by atoms with Crippen LogP contribution in [0.4, 0.5) is 13.2 Å². The number of piperidine rings is 1. The maximum atomic E-state index is 13.3. The molecule has 1 aliphatic heterocycles. The third-order valence-corrected chi connectivity index (χ3v) is 5.47. The van der Waals surface area contributed by atoms with Crippen molar-refractivity contribution in [2.24, 2.45) is 0 Å². The zero-order chi connectivity index (χ0) is 21.3. The van der Waals surface area contributed by atoms with Crippen LogP contribution >= 0.6 is 0 Å². The first kappa shape index (κ1) is 20.4. The largest absolute Gasteiger partial charge is 0.416 e. The monoisotopic (exact) mass is 413 g/mol. The van der Waals surface area contributed by atoms with Gasteiger partial charge in [-0.3, -0.25) is 0 Å². The molecule has 3 heterocycles. The number of benzene rings is 1. The summed E-state index contributed by atoms with van der Waals surface area (Å²) in [5.41, 5.74) is 2.16. The molecule has 8 heteroatoms. The van der Waals surface area contributed by atoms with Crippen LogP contribution in [-0.2, 0) is 6.18 Å². The first-order valence-corrected chi connectivity index (χ1v) is 9.85. The molecule has 1 saturated heterocycles. The minimum Gasteiger partial charge on any atom is -0.306 e. The molecule has 0 unspecified atom stereocenters. The number of alkyl halides is 3. The molecule has 3 aromatic rings. The molecule has 0 atom stereocenters. The molecule has 0 amide bonds. The fraction of sp³-hybridized carbons (Fsp3) is 0.364. The zero-order valence-corrected chi connectivity index (χ0v) is 16.8. The van der Waals surface area contributed by atoms with Crippen molar-refractivity contribution in [1.29, 1.82) is 0 Å². The van der Waals surface area contributed by atoms with Crippen LogP contribution in [0.15, 0.2) is 42.6 Å². The summed E-state index contributed by atoms with van der Waals surface area (Å²) in [4.78, 5) is 10.8. The maximum Gasteiger partial charge on any atom is 0.416 e. The summed E-state index contributed by atoms with van der Waals surface area (Å²) in [6, 6.07) is 8.90. The van der Waals surface area contributed by atoms with Crippen LogP contribution in [0.2, 0.25) is 0 Å². The average Bonchev–Trinajstić information content (AvgIpc) is 2.73. The Bertz CT molecular complexity index is 1040. The van der Waals surface area contributed by atoms with Crippen molar-refractivity contribution in [1.82, 2.24) is 25.1 Å². The fourth-order valence-electron chi connectivity index (χ4n) is 3.77. The Morgan fingerprint density at radius 1 is 1.03 bits per heavy atom. The second-order valence-electron chi connectivity index (χ2n) is 7.68. The van der Waals surface area contributed by atoms with E-state index < -0.39 is 11.7 Å². The third kappa shape index (κ3) is 4.33. The average molecular weight is 413 g/mol. The molecule has 1 aliphatic rings. The summed E-state index contributed by atoms with van der Waals surface area (Å²) in [5.74, 6) is 0.795. The highest BCUT2D eigenvalue weighted by Gasteiger charge is 2.31. The first-order chi connectivity index (χ1) is 14.3. The highest BCUT2D eigenvalue weighted by atomic mass is 19.4. The van der Waals surface area contributed by atoms with Gasteiger partial charge >= 0.3 is 6.18 Å². The SMILES string of the molecule is Cc1nccc(-c2nnc(C3CCN(C)CC3)cc2-c2cccc(C(F)(F)F)c2)n1. The van der Waals surface area contributed by atoms with Crippen molar-refractivity contribution in [2.45, 2.75) is 31.9 Å². The van der Waals surface area contributed by atoms with Gasteiger partial charge in [0.05, 0.1) is 17.0 Å². The van der Waals surface area contributed by atoms with Gasteiger partial charge in [-0.1, -0.05) is 12.1 Å². The van der Waals surface area contributed by atoms with Crippen LogP contribution in [-0.4, -0.2) is 45.2 Å². The van der Waals surface area contributed by atoms with Gasteiger partial charge in [-0.15, -0.1) is 5.10 Å². The lowest BCUT2D eigenvalue weighted by atomic mass is 9.91. The predicted octanol–water partition coefficient (Wildman–Crippen LogP) is 4.74. The van der Waals surface area contributed by atoms with E-state index in [1.165, 1.54) is 6.07 Å². The lowest BCUT2D eigenvalue weighted by Crippen LogP contribution is -2.29. The fourth-order valence-corrected chi connectivity index (χ4v) is 3.77. The molecule has 5 nitrogen and oxygen atoms in total. The molecular formula is C22H22F3N5. The molecule has 0 saturated carbocycles. The molecule has 156 valence electrons. The van der Waals surface area contributed by atoms with E-state index in [9.17, 15) is 13.2 Å². The Kier molecular flexibility index (Phi) is 5.51. The van der Waals surface area contributed by atoms with Gasteiger partial charge in [0, 0.05) is 17.7 Å². The van der Waals surface area contributed by atoms with E-state index in [2.05, 4.69) is 32.1 Å². The van der Waals surface area contributed by atoms with Gasteiger partial charge in [-0.05, 0) is 69.7 Å². The number of rotatable bonds is 3. The van der Waals surface area contributed by atoms with Gasteiger partial charge in [0.1, 0.15) is 11.5 Å². The number of aromatic nitrogens is 4. The highest BCUT2D eigenvalue weighted by Crippen LogP contribution is 2.36.